The van der Waals surface area contributed by atoms with Gasteiger partial charge in [-0.05, 0) is 54.1 Å². The number of benzene rings is 2. The highest BCUT2D eigenvalue weighted by atomic mass is 35.5. The standard InChI is InChI=1S/C23H15ClN4O3S/c24-16-1-3-17(4-2-16)28-22(14-7-9-25-10-8-14)26-27-23(28)32-13-15-11-21(30)31-20-12-18(29)5-6-19(15)20/h1-12,29H,13H2. The summed E-state index contributed by atoms with van der Waals surface area (Å²) in [6, 6.07) is 17.3. The number of aromatic nitrogens is 4. The van der Waals surface area contributed by atoms with E-state index in [1.807, 2.05) is 41.0 Å². The smallest absolute Gasteiger partial charge is 0.336 e. The van der Waals surface area contributed by atoms with E-state index in [1.165, 1.54) is 23.9 Å². The first kappa shape index (κ1) is 20.3. The number of hydrogen-bond acceptors (Lipinski definition) is 7. The average Bonchev–Trinajstić information content (AvgIpc) is 3.22. The third-order valence-electron chi connectivity index (χ3n) is 4.83. The van der Waals surface area contributed by atoms with Gasteiger partial charge in [-0.3, -0.25) is 9.55 Å². The van der Waals surface area contributed by atoms with Crippen LogP contribution in [0.15, 0.2) is 87.4 Å². The summed E-state index contributed by atoms with van der Waals surface area (Å²) in [4.78, 5) is 16.1. The minimum atomic E-state index is -0.477. The quantitative estimate of drug-likeness (QED) is 0.287. The highest BCUT2D eigenvalue weighted by molar-refractivity contribution is 7.98. The Morgan fingerprint density at radius 3 is 2.56 bits per heavy atom. The molecule has 5 rings (SSSR count). The summed E-state index contributed by atoms with van der Waals surface area (Å²) in [5.74, 6) is 1.16. The van der Waals surface area contributed by atoms with Gasteiger partial charge in [0.1, 0.15) is 11.3 Å². The van der Waals surface area contributed by atoms with Crippen molar-refractivity contribution < 1.29 is 9.52 Å². The first-order chi connectivity index (χ1) is 15.6. The van der Waals surface area contributed by atoms with Crippen LogP contribution in [0.4, 0.5) is 0 Å². The van der Waals surface area contributed by atoms with Crippen LogP contribution in [0.1, 0.15) is 5.56 Å². The molecule has 2 aromatic carbocycles. The first-order valence-corrected chi connectivity index (χ1v) is 11.0. The fourth-order valence-corrected chi connectivity index (χ4v) is 4.42. The van der Waals surface area contributed by atoms with Crippen molar-refractivity contribution in [3.05, 3.63) is 94.1 Å². The first-order valence-electron chi connectivity index (χ1n) is 9.59. The largest absolute Gasteiger partial charge is 0.508 e. The number of fused-ring (bicyclic) bond motifs is 1. The Morgan fingerprint density at radius 1 is 1.00 bits per heavy atom. The minimum absolute atomic E-state index is 0.0370. The molecule has 0 saturated carbocycles. The molecule has 0 spiro atoms. The Labute approximate surface area is 191 Å². The minimum Gasteiger partial charge on any atom is -0.508 e. The average molecular weight is 463 g/mol. The van der Waals surface area contributed by atoms with Crippen LogP contribution >= 0.6 is 23.4 Å². The third-order valence-corrected chi connectivity index (χ3v) is 6.06. The van der Waals surface area contributed by atoms with Gasteiger partial charge in [-0.15, -0.1) is 10.2 Å². The van der Waals surface area contributed by atoms with Gasteiger partial charge in [0, 0.05) is 51.9 Å². The number of halogens is 1. The van der Waals surface area contributed by atoms with Gasteiger partial charge in [0.15, 0.2) is 11.0 Å². The molecule has 0 aliphatic heterocycles. The lowest BCUT2D eigenvalue weighted by Gasteiger charge is -2.11. The van der Waals surface area contributed by atoms with Gasteiger partial charge in [-0.1, -0.05) is 23.4 Å². The molecule has 0 unspecified atom stereocenters. The van der Waals surface area contributed by atoms with Crippen LogP contribution in [0.3, 0.4) is 0 Å². The molecule has 0 atom stereocenters. The monoisotopic (exact) mass is 462 g/mol. The van der Waals surface area contributed by atoms with Crippen LogP contribution < -0.4 is 5.63 Å². The highest BCUT2D eigenvalue weighted by Gasteiger charge is 2.17. The Kier molecular flexibility index (Phi) is 5.38. The molecule has 0 amide bonds. The maximum Gasteiger partial charge on any atom is 0.336 e. The van der Waals surface area contributed by atoms with Gasteiger partial charge in [-0.2, -0.15) is 0 Å². The number of hydrogen-bond donors (Lipinski definition) is 1. The molecule has 3 aromatic heterocycles. The van der Waals surface area contributed by atoms with E-state index in [0.29, 0.717) is 27.3 Å². The molecule has 0 fully saturated rings. The molecular weight excluding hydrogens is 448 g/mol. The van der Waals surface area contributed by atoms with Gasteiger partial charge < -0.3 is 9.52 Å². The molecule has 32 heavy (non-hydrogen) atoms. The summed E-state index contributed by atoms with van der Waals surface area (Å²) < 4.78 is 7.17. The predicted molar refractivity (Wildman–Crippen MR) is 123 cm³/mol. The highest BCUT2D eigenvalue weighted by Crippen LogP contribution is 2.32. The molecule has 158 valence electrons. The van der Waals surface area contributed by atoms with E-state index in [4.69, 9.17) is 16.0 Å². The summed E-state index contributed by atoms with van der Waals surface area (Å²) >= 11 is 7.52. The van der Waals surface area contributed by atoms with Crippen LogP contribution in [0.5, 0.6) is 5.75 Å². The van der Waals surface area contributed by atoms with E-state index in [-0.39, 0.29) is 5.75 Å². The SMILES string of the molecule is O=c1cc(CSc2nnc(-c3ccncc3)n2-c2ccc(Cl)cc2)c2ccc(O)cc2o1. The van der Waals surface area contributed by atoms with Crippen molar-refractivity contribution in [3.63, 3.8) is 0 Å². The molecule has 1 N–H and O–H groups in total. The van der Waals surface area contributed by atoms with Crippen molar-refractivity contribution in [3.8, 4) is 22.8 Å². The van der Waals surface area contributed by atoms with Gasteiger partial charge in [0.05, 0.1) is 0 Å². The molecule has 9 heteroatoms. The lowest BCUT2D eigenvalue weighted by atomic mass is 10.1. The second-order valence-corrected chi connectivity index (χ2v) is 8.29. The van der Waals surface area contributed by atoms with Crippen LogP contribution in [0.25, 0.3) is 28.0 Å². The zero-order valence-electron chi connectivity index (χ0n) is 16.5. The number of aromatic hydroxyl groups is 1. The van der Waals surface area contributed by atoms with E-state index >= 15 is 0 Å². The number of nitrogens with zero attached hydrogens (tertiary/aromatic N) is 4. The van der Waals surface area contributed by atoms with Crippen molar-refractivity contribution in [2.45, 2.75) is 10.9 Å². The number of rotatable bonds is 5. The maximum atomic E-state index is 12.0. The molecule has 0 aliphatic rings. The van der Waals surface area contributed by atoms with Crippen molar-refractivity contribution in [1.29, 1.82) is 0 Å². The number of phenols is 1. The lowest BCUT2D eigenvalue weighted by Crippen LogP contribution is -2.02. The van der Waals surface area contributed by atoms with Crippen molar-refractivity contribution >= 4 is 34.3 Å². The van der Waals surface area contributed by atoms with Gasteiger partial charge in [0.25, 0.3) is 0 Å². The Bertz CT molecular complexity index is 1470. The van der Waals surface area contributed by atoms with E-state index < -0.39 is 5.63 Å². The summed E-state index contributed by atoms with van der Waals surface area (Å²) in [6.07, 6.45) is 3.40. The molecule has 3 heterocycles. The van der Waals surface area contributed by atoms with Crippen LogP contribution in [0, 0.1) is 0 Å². The number of pyridine rings is 1. The molecule has 0 radical (unpaired) electrons. The molecule has 0 aliphatic carbocycles. The molecule has 5 aromatic rings. The van der Waals surface area contributed by atoms with Crippen LogP contribution in [-0.2, 0) is 5.75 Å². The van der Waals surface area contributed by atoms with E-state index in [2.05, 4.69) is 15.2 Å². The number of thioether (sulfide) groups is 1. The topological polar surface area (TPSA) is 94.0 Å². The fourth-order valence-electron chi connectivity index (χ4n) is 3.35. The molecular formula is C23H15ClN4O3S. The van der Waals surface area contributed by atoms with Crippen LogP contribution in [-0.4, -0.2) is 24.9 Å². The van der Waals surface area contributed by atoms with Crippen molar-refractivity contribution in [2.24, 2.45) is 0 Å². The Hall–Kier alpha value is -3.62. The summed E-state index contributed by atoms with van der Waals surface area (Å²) in [7, 11) is 0. The molecule has 0 bridgehead atoms. The Morgan fingerprint density at radius 2 is 1.78 bits per heavy atom. The van der Waals surface area contributed by atoms with E-state index in [0.717, 1.165) is 22.2 Å². The van der Waals surface area contributed by atoms with Crippen molar-refractivity contribution in [2.75, 3.05) is 0 Å². The predicted octanol–water partition coefficient (Wildman–Crippen LogP) is 5.09. The van der Waals surface area contributed by atoms with Gasteiger partial charge in [0.2, 0.25) is 0 Å². The Balaban J connectivity index is 1.56. The second-order valence-electron chi connectivity index (χ2n) is 6.91. The van der Waals surface area contributed by atoms with Crippen LogP contribution in [0.2, 0.25) is 5.02 Å². The van der Waals surface area contributed by atoms with E-state index in [9.17, 15) is 9.90 Å². The lowest BCUT2D eigenvalue weighted by molar-refractivity contribution is 0.473. The molecule has 0 saturated heterocycles. The van der Waals surface area contributed by atoms with Crippen molar-refractivity contribution in [1.82, 2.24) is 19.7 Å². The summed E-state index contributed by atoms with van der Waals surface area (Å²) in [6.45, 7) is 0. The normalized spacial score (nSPS) is 11.2. The second kappa shape index (κ2) is 8.49. The molecule has 7 nitrogen and oxygen atoms in total. The van der Waals surface area contributed by atoms with Gasteiger partial charge in [-0.25, -0.2) is 4.79 Å². The zero-order chi connectivity index (χ0) is 22.1. The van der Waals surface area contributed by atoms with E-state index in [1.54, 1.807) is 24.5 Å². The summed E-state index contributed by atoms with van der Waals surface area (Å²) in [5.41, 5.74) is 2.36. The zero-order valence-corrected chi connectivity index (χ0v) is 18.0. The fraction of sp³-hybridized carbons (Fsp3) is 0.0435. The third kappa shape index (κ3) is 3.98. The number of phenolic OH excluding ortho intramolecular Hbond substituents is 1. The summed E-state index contributed by atoms with van der Waals surface area (Å²) in [5, 5.41) is 20.6. The van der Waals surface area contributed by atoms with Gasteiger partial charge >= 0.3 is 5.63 Å². The maximum absolute atomic E-state index is 12.0.